The monoisotopic (exact) mass is 288 g/mol. The second-order valence-electron chi connectivity index (χ2n) is 6.35. The Morgan fingerprint density at radius 2 is 1.76 bits per heavy atom. The summed E-state index contributed by atoms with van der Waals surface area (Å²) in [5.41, 5.74) is 8.73. The first-order valence-electron chi connectivity index (χ1n) is 7.87. The van der Waals surface area contributed by atoms with Crippen molar-refractivity contribution in [2.45, 2.75) is 37.6 Å². The molecular formula is C17H24N2O2. The van der Waals surface area contributed by atoms with E-state index >= 15 is 0 Å². The van der Waals surface area contributed by atoms with Gasteiger partial charge < -0.3 is 15.4 Å². The molecule has 4 nitrogen and oxygen atoms in total. The third-order valence-corrected chi connectivity index (χ3v) is 4.46. The number of morpholine rings is 1. The molecule has 0 bridgehead atoms. The van der Waals surface area contributed by atoms with Crippen LogP contribution in [-0.2, 0) is 22.4 Å². The zero-order chi connectivity index (χ0) is 14.7. The van der Waals surface area contributed by atoms with Gasteiger partial charge in [-0.05, 0) is 36.8 Å². The van der Waals surface area contributed by atoms with Gasteiger partial charge in [0, 0.05) is 25.0 Å². The van der Waals surface area contributed by atoms with Crippen LogP contribution in [0.3, 0.4) is 0 Å². The van der Waals surface area contributed by atoms with Gasteiger partial charge in [-0.25, -0.2) is 0 Å². The molecule has 0 unspecified atom stereocenters. The zero-order valence-electron chi connectivity index (χ0n) is 12.5. The lowest BCUT2D eigenvalue weighted by molar-refractivity contribution is -0.135. The summed E-state index contributed by atoms with van der Waals surface area (Å²) < 4.78 is 5.27. The first-order chi connectivity index (χ1) is 10.1. The van der Waals surface area contributed by atoms with Gasteiger partial charge in [0.05, 0.1) is 13.2 Å². The van der Waals surface area contributed by atoms with Gasteiger partial charge in [-0.15, -0.1) is 0 Å². The van der Waals surface area contributed by atoms with Crippen LogP contribution >= 0.6 is 0 Å². The van der Waals surface area contributed by atoms with Crippen molar-refractivity contribution in [1.82, 2.24) is 4.90 Å². The lowest BCUT2D eigenvalue weighted by Gasteiger charge is -2.26. The normalized spacial score (nSPS) is 20.3. The smallest absolute Gasteiger partial charge is 0.223 e. The van der Waals surface area contributed by atoms with E-state index < -0.39 is 0 Å². The standard InChI is InChI=1S/C17H24N2O2/c18-17(7-8-17)13-15-3-1-14(2-4-15)5-6-16(20)19-9-11-21-12-10-19/h1-4H,5-13,18H2. The largest absolute Gasteiger partial charge is 0.378 e. The van der Waals surface area contributed by atoms with Crippen LogP contribution in [0.4, 0.5) is 0 Å². The Morgan fingerprint density at radius 3 is 2.38 bits per heavy atom. The van der Waals surface area contributed by atoms with Crippen molar-refractivity contribution in [1.29, 1.82) is 0 Å². The van der Waals surface area contributed by atoms with Crippen molar-refractivity contribution in [3.8, 4) is 0 Å². The molecule has 1 aromatic carbocycles. The van der Waals surface area contributed by atoms with E-state index in [1.54, 1.807) is 0 Å². The van der Waals surface area contributed by atoms with Crippen molar-refractivity contribution < 1.29 is 9.53 Å². The molecule has 1 heterocycles. The Hall–Kier alpha value is -1.39. The first kappa shape index (κ1) is 14.5. The molecule has 1 amide bonds. The molecule has 2 aliphatic rings. The predicted octanol–water partition coefficient (Wildman–Crippen LogP) is 1.51. The van der Waals surface area contributed by atoms with Crippen LogP contribution in [0.15, 0.2) is 24.3 Å². The summed E-state index contributed by atoms with van der Waals surface area (Å²) in [7, 11) is 0. The van der Waals surface area contributed by atoms with Crippen LogP contribution < -0.4 is 5.73 Å². The first-order valence-corrected chi connectivity index (χ1v) is 7.87. The maximum absolute atomic E-state index is 12.1. The molecule has 114 valence electrons. The van der Waals surface area contributed by atoms with Gasteiger partial charge in [-0.1, -0.05) is 24.3 Å². The number of carbonyl (C=O) groups excluding carboxylic acids is 1. The van der Waals surface area contributed by atoms with Crippen LogP contribution in [0, 0.1) is 0 Å². The number of ether oxygens (including phenoxy) is 1. The van der Waals surface area contributed by atoms with Gasteiger partial charge >= 0.3 is 0 Å². The summed E-state index contributed by atoms with van der Waals surface area (Å²) >= 11 is 0. The number of hydrogen-bond donors (Lipinski definition) is 1. The van der Waals surface area contributed by atoms with E-state index in [0.29, 0.717) is 19.6 Å². The molecule has 0 aromatic heterocycles. The van der Waals surface area contributed by atoms with Crippen molar-refractivity contribution in [3.05, 3.63) is 35.4 Å². The third kappa shape index (κ3) is 4.05. The highest BCUT2D eigenvalue weighted by molar-refractivity contribution is 5.76. The number of nitrogens with two attached hydrogens (primary N) is 1. The number of aryl methyl sites for hydroxylation is 1. The number of nitrogens with zero attached hydrogens (tertiary/aromatic N) is 1. The van der Waals surface area contributed by atoms with Gasteiger partial charge in [-0.3, -0.25) is 4.79 Å². The number of rotatable bonds is 5. The average Bonchev–Trinajstić information content (AvgIpc) is 3.24. The minimum Gasteiger partial charge on any atom is -0.378 e. The lowest BCUT2D eigenvalue weighted by atomic mass is 10.0. The zero-order valence-corrected chi connectivity index (χ0v) is 12.5. The molecule has 1 aliphatic carbocycles. The molecule has 0 radical (unpaired) electrons. The maximum atomic E-state index is 12.1. The Kier molecular flexibility index (Phi) is 4.27. The number of carbonyl (C=O) groups is 1. The Bertz CT molecular complexity index is 488. The van der Waals surface area contributed by atoms with Gasteiger partial charge in [0.1, 0.15) is 0 Å². The van der Waals surface area contributed by atoms with Crippen LogP contribution in [-0.4, -0.2) is 42.6 Å². The predicted molar refractivity (Wildman–Crippen MR) is 82.0 cm³/mol. The minimum absolute atomic E-state index is 0.0633. The highest BCUT2D eigenvalue weighted by atomic mass is 16.5. The second-order valence-corrected chi connectivity index (χ2v) is 6.35. The van der Waals surface area contributed by atoms with Crippen LogP contribution in [0.1, 0.15) is 30.4 Å². The average molecular weight is 288 g/mol. The SMILES string of the molecule is NC1(Cc2ccc(CCC(=O)N3CCOCC3)cc2)CC1. The third-order valence-electron chi connectivity index (χ3n) is 4.46. The van der Waals surface area contributed by atoms with Crippen molar-refractivity contribution >= 4 is 5.91 Å². The highest BCUT2D eigenvalue weighted by Gasteiger charge is 2.37. The van der Waals surface area contributed by atoms with E-state index in [2.05, 4.69) is 24.3 Å². The van der Waals surface area contributed by atoms with Crippen LogP contribution in [0.25, 0.3) is 0 Å². The molecule has 4 heteroatoms. The van der Waals surface area contributed by atoms with Crippen molar-refractivity contribution in [2.75, 3.05) is 26.3 Å². The van der Waals surface area contributed by atoms with E-state index in [9.17, 15) is 4.79 Å². The maximum Gasteiger partial charge on any atom is 0.223 e. The molecule has 1 saturated heterocycles. The molecule has 21 heavy (non-hydrogen) atoms. The molecular weight excluding hydrogens is 264 g/mol. The molecule has 2 N–H and O–H groups in total. The highest BCUT2D eigenvalue weighted by Crippen LogP contribution is 2.35. The summed E-state index contributed by atoms with van der Waals surface area (Å²) in [6, 6.07) is 8.57. The fourth-order valence-corrected chi connectivity index (χ4v) is 2.79. The summed E-state index contributed by atoms with van der Waals surface area (Å²) in [5.74, 6) is 0.237. The molecule has 0 spiro atoms. The fraction of sp³-hybridized carbons (Fsp3) is 0.588. The number of hydrogen-bond acceptors (Lipinski definition) is 3. The van der Waals surface area contributed by atoms with Crippen LogP contribution in [0.2, 0.25) is 0 Å². The van der Waals surface area contributed by atoms with Crippen molar-refractivity contribution in [2.24, 2.45) is 5.73 Å². The van der Waals surface area contributed by atoms with Gasteiger partial charge in [0.2, 0.25) is 5.91 Å². The molecule has 1 aromatic rings. The fourth-order valence-electron chi connectivity index (χ4n) is 2.79. The van der Waals surface area contributed by atoms with Gasteiger partial charge in [-0.2, -0.15) is 0 Å². The van der Waals surface area contributed by atoms with E-state index in [0.717, 1.165) is 38.8 Å². The molecule has 0 atom stereocenters. The van der Waals surface area contributed by atoms with Gasteiger partial charge in [0.15, 0.2) is 0 Å². The van der Waals surface area contributed by atoms with Gasteiger partial charge in [0.25, 0.3) is 0 Å². The topological polar surface area (TPSA) is 55.6 Å². The van der Waals surface area contributed by atoms with E-state index in [4.69, 9.17) is 10.5 Å². The molecule has 1 saturated carbocycles. The quantitative estimate of drug-likeness (QED) is 0.893. The molecule has 3 rings (SSSR count). The lowest BCUT2D eigenvalue weighted by Crippen LogP contribution is -2.40. The van der Waals surface area contributed by atoms with E-state index in [1.807, 2.05) is 4.90 Å². The van der Waals surface area contributed by atoms with Crippen molar-refractivity contribution in [3.63, 3.8) is 0 Å². The summed E-state index contributed by atoms with van der Waals surface area (Å²) in [6.45, 7) is 2.80. The summed E-state index contributed by atoms with van der Waals surface area (Å²) in [6.07, 6.45) is 4.65. The summed E-state index contributed by atoms with van der Waals surface area (Å²) in [4.78, 5) is 14.0. The minimum atomic E-state index is 0.0633. The van der Waals surface area contributed by atoms with E-state index in [-0.39, 0.29) is 11.4 Å². The van der Waals surface area contributed by atoms with E-state index in [1.165, 1.54) is 11.1 Å². The molecule has 1 aliphatic heterocycles. The Morgan fingerprint density at radius 1 is 1.14 bits per heavy atom. The number of amides is 1. The van der Waals surface area contributed by atoms with Crippen LogP contribution in [0.5, 0.6) is 0 Å². The molecule has 2 fully saturated rings. The summed E-state index contributed by atoms with van der Waals surface area (Å²) in [5, 5.41) is 0. The number of benzene rings is 1. The Labute approximate surface area is 126 Å². The second kappa shape index (κ2) is 6.16. The Balaban J connectivity index is 1.47.